The highest BCUT2D eigenvalue weighted by Gasteiger charge is 2.32. The molecule has 0 saturated carbocycles. The minimum atomic E-state index is -0.974. The average molecular weight is 575 g/mol. The van der Waals surface area contributed by atoms with E-state index < -0.39 is 5.97 Å². The van der Waals surface area contributed by atoms with Crippen LogP contribution in [-0.2, 0) is 6.42 Å². The van der Waals surface area contributed by atoms with Crippen molar-refractivity contribution in [2.45, 2.75) is 25.8 Å². The molecule has 0 spiro atoms. The molecule has 0 radical (unpaired) electrons. The third-order valence-electron chi connectivity index (χ3n) is 7.92. The van der Waals surface area contributed by atoms with E-state index in [0.717, 1.165) is 52.1 Å². The Hall–Kier alpha value is -4.95. The smallest absolute Gasteiger partial charge is 0.335 e. The summed E-state index contributed by atoms with van der Waals surface area (Å²) in [5, 5.41) is 9.29. The molecule has 42 heavy (non-hydrogen) atoms. The van der Waals surface area contributed by atoms with Gasteiger partial charge in [0.05, 0.1) is 28.9 Å². The maximum atomic E-state index is 14.0. The van der Waals surface area contributed by atoms with Crippen molar-refractivity contribution >= 4 is 29.1 Å². The molecule has 208 valence electrons. The van der Waals surface area contributed by atoms with Crippen molar-refractivity contribution < 1.29 is 19.1 Å². The third kappa shape index (κ3) is 4.31. The molecule has 1 N–H and O–H groups in total. The molecule has 7 rings (SSSR count). The van der Waals surface area contributed by atoms with Crippen LogP contribution in [0.3, 0.4) is 0 Å². The van der Waals surface area contributed by atoms with Crippen molar-refractivity contribution in [2.75, 3.05) is 7.11 Å². The van der Waals surface area contributed by atoms with E-state index >= 15 is 0 Å². The fourth-order valence-corrected chi connectivity index (χ4v) is 6.89. The summed E-state index contributed by atoms with van der Waals surface area (Å²) in [6, 6.07) is 24.5. The molecule has 1 aliphatic heterocycles. The zero-order chi connectivity index (χ0) is 29.0. The van der Waals surface area contributed by atoms with Crippen LogP contribution in [-0.4, -0.2) is 22.8 Å². The van der Waals surface area contributed by atoms with Crippen LogP contribution in [0.4, 0.5) is 0 Å². The largest absolute Gasteiger partial charge is 0.497 e. The third-order valence-corrected chi connectivity index (χ3v) is 8.90. The highest BCUT2D eigenvalue weighted by atomic mass is 32.1. The standard InChI is InChI=1S/C34H26N2O5S/c1-19-16-22(33(38)39)11-13-25(19)28-15-12-24(41-28)18-29-32(37)36-31(21-7-5-8-23(17-21)40-2)27-14-10-20-6-3-4-9-26(20)30(27)35-34(36)42-29/h3-9,11-13,15-18,31H,10,14H2,1-2H3,(H,38,39)/t31-/m0/s1. The van der Waals surface area contributed by atoms with Gasteiger partial charge in [-0.15, -0.1) is 0 Å². The summed E-state index contributed by atoms with van der Waals surface area (Å²) >= 11 is 1.35. The Morgan fingerprint density at radius 1 is 1.05 bits per heavy atom. The van der Waals surface area contributed by atoms with Gasteiger partial charge >= 0.3 is 5.97 Å². The van der Waals surface area contributed by atoms with E-state index in [-0.39, 0.29) is 17.2 Å². The first-order chi connectivity index (χ1) is 20.4. The van der Waals surface area contributed by atoms with Gasteiger partial charge in [-0.3, -0.25) is 9.36 Å². The Balaban J connectivity index is 1.37. The number of hydrogen-bond acceptors (Lipinski definition) is 6. The first-order valence-electron chi connectivity index (χ1n) is 13.6. The van der Waals surface area contributed by atoms with E-state index in [1.165, 1.54) is 16.9 Å². The number of aryl methyl sites for hydroxylation is 2. The summed E-state index contributed by atoms with van der Waals surface area (Å²) in [5.41, 5.74) is 7.10. The second kappa shape index (κ2) is 10.2. The lowest BCUT2D eigenvalue weighted by Crippen LogP contribution is -2.38. The summed E-state index contributed by atoms with van der Waals surface area (Å²) < 4.78 is 14.0. The number of hydrogen-bond donors (Lipinski definition) is 1. The molecule has 0 fully saturated rings. The van der Waals surface area contributed by atoms with Crippen molar-refractivity contribution in [2.24, 2.45) is 4.99 Å². The molecule has 1 aliphatic carbocycles. The molecule has 0 saturated heterocycles. The van der Waals surface area contributed by atoms with E-state index in [1.54, 1.807) is 36.0 Å². The minimum absolute atomic E-state index is 0.128. The molecule has 2 aliphatic rings. The first kappa shape index (κ1) is 26.0. The molecule has 5 aromatic rings. The van der Waals surface area contributed by atoms with Gasteiger partial charge < -0.3 is 14.3 Å². The topological polar surface area (TPSA) is 94.0 Å². The van der Waals surface area contributed by atoms with Crippen LogP contribution < -0.4 is 19.6 Å². The molecular weight excluding hydrogens is 548 g/mol. The van der Waals surface area contributed by atoms with Gasteiger partial charge in [0.25, 0.3) is 5.56 Å². The summed E-state index contributed by atoms with van der Waals surface area (Å²) in [7, 11) is 1.64. The van der Waals surface area contributed by atoms with Crippen LogP contribution in [0, 0.1) is 6.92 Å². The number of rotatable bonds is 5. The number of aromatic carboxylic acids is 1. The Bertz CT molecular complexity index is 2110. The molecule has 0 unspecified atom stereocenters. The Morgan fingerprint density at radius 2 is 1.90 bits per heavy atom. The van der Waals surface area contributed by atoms with Gasteiger partial charge in [0.2, 0.25) is 0 Å². The van der Waals surface area contributed by atoms with E-state index in [0.29, 0.717) is 20.9 Å². The van der Waals surface area contributed by atoms with Gasteiger partial charge in [0.1, 0.15) is 17.3 Å². The number of carbonyl (C=O) groups is 1. The number of furan rings is 1. The Morgan fingerprint density at radius 3 is 2.71 bits per heavy atom. The highest BCUT2D eigenvalue weighted by molar-refractivity contribution is 7.07. The molecule has 0 amide bonds. The molecule has 3 heterocycles. The van der Waals surface area contributed by atoms with E-state index in [9.17, 15) is 14.7 Å². The van der Waals surface area contributed by atoms with Gasteiger partial charge in [-0.1, -0.05) is 53.8 Å². The molecule has 0 bridgehead atoms. The second-order valence-corrected chi connectivity index (χ2v) is 11.4. The average Bonchev–Trinajstić information content (AvgIpc) is 3.59. The number of thiazole rings is 1. The van der Waals surface area contributed by atoms with Crippen LogP contribution in [0.1, 0.15) is 50.8 Å². The van der Waals surface area contributed by atoms with Crippen LogP contribution in [0.15, 0.2) is 98.6 Å². The molecule has 8 heteroatoms. The Labute approximate surface area is 245 Å². The predicted octanol–water partition coefficient (Wildman–Crippen LogP) is 5.59. The summed E-state index contributed by atoms with van der Waals surface area (Å²) in [5.74, 6) is 0.895. The number of benzene rings is 3. The van der Waals surface area contributed by atoms with E-state index in [1.807, 2.05) is 49.4 Å². The fourth-order valence-electron chi connectivity index (χ4n) is 5.91. The first-order valence-corrected chi connectivity index (χ1v) is 14.4. The predicted molar refractivity (Wildman–Crippen MR) is 162 cm³/mol. The second-order valence-electron chi connectivity index (χ2n) is 10.4. The van der Waals surface area contributed by atoms with Gasteiger partial charge in [-0.25, -0.2) is 9.79 Å². The molecule has 2 aromatic heterocycles. The van der Waals surface area contributed by atoms with E-state index in [2.05, 4.69) is 18.2 Å². The van der Waals surface area contributed by atoms with Crippen molar-refractivity contribution in [3.8, 4) is 17.1 Å². The number of carboxylic acid groups (broad SMARTS) is 1. The number of allylic oxidation sites excluding steroid dienone is 1. The van der Waals surface area contributed by atoms with E-state index in [4.69, 9.17) is 14.1 Å². The minimum Gasteiger partial charge on any atom is -0.497 e. The SMILES string of the molecule is COc1cccc([C@H]2C3=C(N=c4sc(=Cc5ccc(-c6ccc(C(=O)O)cc6C)o5)c(=O)n42)c2ccccc2CC3)c1. The number of aromatic nitrogens is 1. The molecular formula is C34H26N2O5S. The van der Waals surface area contributed by atoms with Crippen LogP contribution in [0.25, 0.3) is 23.1 Å². The normalized spacial score (nSPS) is 16.0. The summed E-state index contributed by atoms with van der Waals surface area (Å²) in [4.78, 5) is 31.1. The lowest BCUT2D eigenvalue weighted by molar-refractivity contribution is 0.0696. The lowest BCUT2D eigenvalue weighted by atomic mass is 9.83. The molecule has 3 aromatic carbocycles. The van der Waals surface area contributed by atoms with Crippen molar-refractivity contribution in [1.82, 2.24) is 4.57 Å². The van der Waals surface area contributed by atoms with Crippen LogP contribution in [0.2, 0.25) is 0 Å². The van der Waals surface area contributed by atoms with Gasteiger partial charge in [-0.05, 0) is 78.4 Å². The van der Waals surface area contributed by atoms with Crippen molar-refractivity contribution in [3.63, 3.8) is 0 Å². The summed E-state index contributed by atoms with van der Waals surface area (Å²) in [6.07, 6.45) is 3.45. The van der Waals surface area contributed by atoms with Crippen LogP contribution >= 0.6 is 11.3 Å². The fraction of sp³-hybridized carbons (Fsp3) is 0.147. The lowest BCUT2D eigenvalue weighted by Gasteiger charge is -2.31. The Kier molecular flexibility index (Phi) is 6.28. The van der Waals surface area contributed by atoms with Crippen molar-refractivity contribution in [1.29, 1.82) is 0 Å². The van der Waals surface area contributed by atoms with Gasteiger partial charge in [0, 0.05) is 17.2 Å². The summed E-state index contributed by atoms with van der Waals surface area (Å²) in [6.45, 7) is 1.85. The van der Waals surface area contributed by atoms with Crippen molar-refractivity contribution in [3.05, 3.63) is 138 Å². The van der Waals surface area contributed by atoms with Gasteiger partial charge in [-0.2, -0.15) is 0 Å². The number of fused-ring (bicyclic) bond motifs is 3. The van der Waals surface area contributed by atoms with Gasteiger partial charge in [0.15, 0.2) is 4.80 Å². The maximum absolute atomic E-state index is 14.0. The number of nitrogens with zero attached hydrogens (tertiary/aromatic N) is 2. The number of ether oxygens (including phenoxy) is 1. The van der Waals surface area contributed by atoms with Crippen LogP contribution in [0.5, 0.6) is 5.75 Å². The molecule has 7 nitrogen and oxygen atoms in total. The zero-order valence-corrected chi connectivity index (χ0v) is 23.8. The number of carboxylic acids is 1. The maximum Gasteiger partial charge on any atom is 0.335 e. The monoisotopic (exact) mass is 574 g/mol. The zero-order valence-electron chi connectivity index (χ0n) is 23.0. The highest BCUT2D eigenvalue weighted by Crippen LogP contribution is 2.41. The quantitative estimate of drug-likeness (QED) is 0.295. The number of methoxy groups -OCH3 is 1. The molecule has 1 atom stereocenters.